The van der Waals surface area contributed by atoms with Crippen LogP contribution >= 0.6 is 0 Å². The Hall–Kier alpha value is -2.87. The number of aromatic nitrogens is 1. The lowest BCUT2D eigenvalue weighted by Crippen LogP contribution is -2.35. The molecule has 2 heteroatoms. The summed E-state index contributed by atoms with van der Waals surface area (Å²) in [6, 6.07) is 17.7. The zero-order chi connectivity index (χ0) is 22.2. The molecule has 162 valence electrons. The molecule has 1 aliphatic carbocycles. The highest BCUT2D eigenvalue weighted by atomic mass is 16.5. The molecular weight excluding hydrogens is 390 g/mol. The van der Waals surface area contributed by atoms with Crippen molar-refractivity contribution in [3.05, 3.63) is 65.2 Å². The maximum Gasteiger partial charge on any atom is 0.257 e. The third-order valence-corrected chi connectivity index (χ3v) is 8.19. The van der Waals surface area contributed by atoms with Crippen LogP contribution in [0.1, 0.15) is 62.1 Å². The monoisotopic (exact) mass is 422 g/mol. The molecule has 0 spiro atoms. The Labute approximate surface area is 190 Å². The molecule has 1 fully saturated rings. The smallest absolute Gasteiger partial charge is 0.257 e. The van der Waals surface area contributed by atoms with Gasteiger partial charge >= 0.3 is 0 Å². The first-order valence-corrected chi connectivity index (χ1v) is 12.0. The summed E-state index contributed by atoms with van der Waals surface area (Å²) < 4.78 is 9.22. The molecule has 0 atom stereocenters. The second-order valence-electron chi connectivity index (χ2n) is 10.8. The minimum atomic E-state index is 0.443. The Morgan fingerprint density at radius 1 is 0.969 bits per heavy atom. The van der Waals surface area contributed by atoms with Crippen LogP contribution in [-0.4, -0.2) is 0 Å². The summed E-state index contributed by atoms with van der Waals surface area (Å²) in [5.74, 6) is 2.62. The van der Waals surface area contributed by atoms with E-state index in [0.29, 0.717) is 11.3 Å². The predicted molar refractivity (Wildman–Crippen MR) is 133 cm³/mol. The molecule has 0 saturated heterocycles. The number of para-hydroxylation sites is 1. The van der Waals surface area contributed by atoms with Crippen molar-refractivity contribution in [1.29, 1.82) is 0 Å². The lowest BCUT2D eigenvalue weighted by atomic mass is 9.70. The average molecular weight is 423 g/mol. The van der Waals surface area contributed by atoms with Crippen LogP contribution in [0.3, 0.4) is 0 Å². The molecular formula is C30H32NO+. The minimum absolute atomic E-state index is 0.443. The van der Waals surface area contributed by atoms with Gasteiger partial charge in [0.25, 0.3) is 5.69 Å². The summed E-state index contributed by atoms with van der Waals surface area (Å²) in [6.07, 6.45) is 4.99. The van der Waals surface area contributed by atoms with Crippen molar-refractivity contribution in [2.45, 2.75) is 59.3 Å². The molecule has 2 heterocycles. The molecule has 1 saturated carbocycles. The third kappa shape index (κ3) is 2.75. The zero-order valence-corrected chi connectivity index (χ0v) is 19.9. The van der Waals surface area contributed by atoms with Gasteiger partial charge in [-0.3, -0.25) is 0 Å². The number of nitrogens with zero attached hydrogens (tertiary/aromatic N) is 1. The van der Waals surface area contributed by atoms with Gasteiger partial charge in [0.05, 0.1) is 10.9 Å². The number of aryl methyl sites for hydroxylation is 2. The van der Waals surface area contributed by atoms with Crippen molar-refractivity contribution in [1.82, 2.24) is 0 Å². The van der Waals surface area contributed by atoms with E-state index >= 15 is 0 Å². The summed E-state index contributed by atoms with van der Waals surface area (Å²) in [5.41, 5.74) is 8.45. The van der Waals surface area contributed by atoms with E-state index in [9.17, 15) is 0 Å². The summed E-state index contributed by atoms with van der Waals surface area (Å²) in [6.45, 7) is 9.34. The van der Waals surface area contributed by atoms with E-state index in [0.717, 1.165) is 11.5 Å². The van der Waals surface area contributed by atoms with E-state index < -0.39 is 0 Å². The molecule has 4 aromatic rings. The van der Waals surface area contributed by atoms with Gasteiger partial charge < -0.3 is 4.74 Å². The topological polar surface area (TPSA) is 13.1 Å². The van der Waals surface area contributed by atoms with Gasteiger partial charge in [-0.25, -0.2) is 0 Å². The molecule has 0 radical (unpaired) electrons. The van der Waals surface area contributed by atoms with Crippen LogP contribution in [-0.2, 0) is 7.05 Å². The Morgan fingerprint density at radius 3 is 2.50 bits per heavy atom. The minimum Gasteiger partial charge on any atom is -0.449 e. The fraction of sp³-hybridized carbons (Fsp3) is 0.367. The summed E-state index contributed by atoms with van der Waals surface area (Å²) >= 11 is 0. The molecule has 32 heavy (non-hydrogen) atoms. The van der Waals surface area contributed by atoms with Gasteiger partial charge in [0.15, 0.2) is 0 Å². The van der Waals surface area contributed by atoms with Gasteiger partial charge in [-0.05, 0) is 79.5 Å². The van der Waals surface area contributed by atoms with Crippen LogP contribution in [0.4, 0.5) is 0 Å². The highest BCUT2D eigenvalue weighted by Crippen LogP contribution is 2.53. The van der Waals surface area contributed by atoms with E-state index in [-0.39, 0.29) is 0 Å². The summed E-state index contributed by atoms with van der Waals surface area (Å²) in [7, 11) is 2.21. The molecule has 0 unspecified atom stereocenters. The van der Waals surface area contributed by atoms with E-state index in [4.69, 9.17) is 4.74 Å². The van der Waals surface area contributed by atoms with Crippen molar-refractivity contribution >= 4 is 21.7 Å². The molecule has 2 nitrogen and oxygen atoms in total. The van der Waals surface area contributed by atoms with Crippen LogP contribution in [0, 0.1) is 19.3 Å². The van der Waals surface area contributed by atoms with Gasteiger partial charge in [0, 0.05) is 17.0 Å². The Balaban J connectivity index is 1.72. The van der Waals surface area contributed by atoms with Gasteiger partial charge in [0.1, 0.15) is 12.8 Å². The molecule has 3 aromatic carbocycles. The molecule has 2 aliphatic rings. The van der Waals surface area contributed by atoms with Crippen molar-refractivity contribution in [3.63, 3.8) is 0 Å². The predicted octanol–water partition coefficient (Wildman–Crippen LogP) is 7.89. The van der Waals surface area contributed by atoms with Crippen LogP contribution in [0.15, 0.2) is 48.5 Å². The number of ether oxygens (including phenoxy) is 1. The number of hydrogen-bond acceptors (Lipinski definition) is 1. The van der Waals surface area contributed by atoms with E-state index in [1.165, 1.54) is 75.3 Å². The highest BCUT2D eigenvalue weighted by Gasteiger charge is 2.38. The van der Waals surface area contributed by atoms with E-state index in [1.54, 1.807) is 0 Å². The number of pyridine rings is 1. The first-order valence-electron chi connectivity index (χ1n) is 12.0. The molecule has 0 amide bonds. The van der Waals surface area contributed by atoms with Crippen LogP contribution in [0.2, 0.25) is 0 Å². The first kappa shape index (κ1) is 19.8. The van der Waals surface area contributed by atoms with E-state index in [1.807, 2.05) is 0 Å². The number of hydrogen-bond donors (Lipinski definition) is 0. The first-order chi connectivity index (χ1) is 15.4. The second kappa shape index (κ2) is 6.81. The fourth-order valence-electron chi connectivity index (χ4n) is 6.15. The van der Waals surface area contributed by atoms with Gasteiger partial charge in [-0.1, -0.05) is 44.2 Å². The zero-order valence-electron chi connectivity index (χ0n) is 19.9. The lowest BCUT2D eigenvalue weighted by Gasteiger charge is -2.36. The number of fused-ring (bicyclic) bond motifs is 3. The standard InChI is InChI=1S/C30H32NO/c1-18-17-21-9-8-12-24-27(21)25(19(18)2)28-29(32-24)26(20-13-15-30(3,4)16-14-20)22-10-6-7-11-23(22)31(28)5/h6-12,17,20H,13-16H2,1-5H3/q+1. The number of rotatable bonds is 1. The second-order valence-corrected chi connectivity index (χ2v) is 10.8. The summed E-state index contributed by atoms with van der Waals surface area (Å²) in [4.78, 5) is 0. The van der Waals surface area contributed by atoms with Gasteiger partial charge in [-0.2, -0.15) is 4.57 Å². The maximum absolute atomic E-state index is 6.85. The van der Waals surface area contributed by atoms with Crippen molar-refractivity contribution < 1.29 is 9.30 Å². The van der Waals surface area contributed by atoms with Crippen molar-refractivity contribution in [2.24, 2.45) is 12.5 Å². The fourth-order valence-corrected chi connectivity index (χ4v) is 6.15. The van der Waals surface area contributed by atoms with Crippen LogP contribution in [0.5, 0.6) is 11.5 Å². The molecule has 6 rings (SSSR count). The molecule has 1 aliphatic heterocycles. The maximum atomic E-state index is 6.85. The van der Waals surface area contributed by atoms with Crippen LogP contribution < -0.4 is 9.30 Å². The Morgan fingerprint density at radius 2 is 1.72 bits per heavy atom. The lowest BCUT2D eigenvalue weighted by molar-refractivity contribution is -0.633. The SMILES string of the molecule is Cc1cc2cccc3c2c(c1C)-c1c(c(C2CCC(C)(C)CC2)c2ccccc2[n+]1C)O3. The Bertz CT molecular complexity index is 1400. The van der Waals surface area contributed by atoms with Crippen LogP contribution in [0.25, 0.3) is 32.9 Å². The molecule has 1 aromatic heterocycles. The van der Waals surface area contributed by atoms with Crippen molar-refractivity contribution in [2.75, 3.05) is 0 Å². The highest BCUT2D eigenvalue weighted by molar-refractivity contribution is 6.05. The molecule has 0 bridgehead atoms. The number of benzene rings is 3. The third-order valence-electron chi connectivity index (χ3n) is 8.19. The summed E-state index contributed by atoms with van der Waals surface area (Å²) in [5, 5.41) is 3.87. The quantitative estimate of drug-likeness (QED) is 0.250. The molecule has 0 N–H and O–H groups in total. The normalized spacial score (nSPS) is 17.4. The Kier molecular flexibility index (Phi) is 4.21. The van der Waals surface area contributed by atoms with Gasteiger partial charge in [-0.15, -0.1) is 0 Å². The van der Waals surface area contributed by atoms with E-state index in [2.05, 4.69) is 87.8 Å². The van der Waals surface area contributed by atoms with Gasteiger partial charge in [0.2, 0.25) is 11.3 Å². The largest absolute Gasteiger partial charge is 0.449 e. The average Bonchev–Trinajstić information content (AvgIpc) is 2.78. The van der Waals surface area contributed by atoms with Crippen molar-refractivity contribution in [3.8, 4) is 22.8 Å².